The molecule has 0 aliphatic heterocycles. The van der Waals surface area contributed by atoms with E-state index in [1.54, 1.807) is 6.07 Å². The van der Waals surface area contributed by atoms with Crippen LogP contribution in [-0.4, -0.2) is 12.7 Å². The molecular weight excluding hydrogens is 431 g/mol. The van der Waals surface area contributed by atoms with E-state index in [0.29, 0.717) is 11.7 Å². The Labute approximate surface area is 211 Å². The summed E-state index contributed by atoms with van der Waals surface area (Å²) in [5.74, 6) is -0.202. The predicted molar refractivity (Wildman–Crippen MR) is 149 cm³/mol. The summed E-state index contributed by atoms with van der Waals surface area (Å²) in [5, 5.41) is 0. The lowest BCUT2D eigenvalue weighted by Gasteiger charge is -2.12. The number of ether oxygens (including phenoxy) is 1. The molecule has 1 unspecified atom stereocenters. The minimum atomic E-state index is -0.202. The maximum atomic E-state index is 14.9. The largest absolute Gasteiger partial charge is 0.379 e. The van der Waals surface area contributed by atoms with Gasteiger partial charge in [-0.15, -0.1) is 6.58 Å². The molecule has 1 nitrogen and oxygen atoms in total. The molecule has 184 valence electrons. The standard InChI is InChI=1S/C33H39FO/c1-4-6-10-24-35-26(3)12-8-7-9-13-28-14-18-29(19-15-28)31-22-23-32(33(34)25-31)30-20-16-27(11-5-2)17-21-30/h5,9,13-23,25-26H,2,4,6-8,10-12,24H2,1,3H3/b13-9+. The summed E-state index contributed by atoms with van der Waals surface area (Å²) in [7, 11) is 0. The van der Waals surface area contributed by atoms with Crippen LogP contribution in [0.25, 0.3) is 28.3 Å². The SMILES string of the molecule is C=CCc1ccc(-c2ccc(-c3ccc(/C=C/CCCC(C)OCCCCC)cc3)cc2F)cc1. The van der Waals surface area contributed by atoms with Crippen LogP contribution in [0.2, 0.25) is 0 Å². The summed E-state index contributed by atoms with van der Waals surface area (Å²) in [5.41, 5.74) is 5.76. The van der Waals surface area contributed by atoms with Crippen LogP contribution >= 0.6 is 0 Å². The van der Waals surface area contributed by atoms with Crippen molar-refractivity contribution < 1.29 is 9.13 Å². The van der Waals surface area contributed by atoms with Crippen molar-refractivity contribution in [3.8, 4) is 22.3 Å². The van der Waals surface area contributed by atoms with Gasteiger partial charge in [-0.3, -0.25) is 0 Å². The fourth-order valence-corrected chi connectivity index (χ4v) is 4.17. The molecule has 0 radical (unpaired) electrons. The van der Waals surface area contributed by atoms with Gasteiger partial charge in [0.25, 0.3) is 0 Å². The Hall–Kier alpha value is -2.97. The Kier molecular flexibility index (Phi) is 11.0. The van der Waals surface area contributed by atoms with Gasteiger partial charge in [-0.1, -0.05) is 98.7 Å². The average Bonchev–Trinajstić information content (AvgIpc) is 2.87. The molecule has 0 amide bonds. The van der Waals surface area contributed by atoms with Crippen molar-refractivity contribution in [2.75, 3.05) is 6.61 Å². The summed E-state index contributed by atoms with van der Waals surface area (Å²) in [6, 6.07) is 21.8. The second-order valence-corrected chi connectivity index (χ2v) is 9.23. The second-order valence-electron chi connectivity index (χ2n) is 9.23. The third-order valence-corrected chi connectivity index (χ3v) is 6.30. The maximum Gasteiger partial charge on any atom is 0.131 e. The monoisotopic (exact) mass is 470 g/mol. The number of rotatable bonds is 14. The fraction of sp³-hybridized carbons (Fsp3) is 0.333. The van der Waals surface area contributed by atoms with Crippen LogP contribution in [0.5, 0.6) is 0 Å². The van der Waals surface area contributed by atoms with Gasteiger partial charge < -0.3 is 4.74 Å². The molecular formula is C33H39FO. The Morgan fingerprint density at radius 3 is 2.29 bits per heavy atom. The van der Waals surface area contributed by atoms with Crippen LogP contribution in [0.1, 0.15) is 63.5 Å². The smallest absolute Gasteiger partial charge is 0.131 e. The molecule has 3 rings (SSSR count). The van der Waals surface area contributed by atoms with E-state index in [4.69, 9.17) is 4.74 Å². The first kappa shape index (κ1) is 26.6. The summed E-state index contributed by atoms with van der Waals surface area (Å²) in [6.07, 6.45) is 14.3. The maximum absolute atomic E-state index is 14.9. The molecule has 3 aromatic carbocycles. The van der Waals surface area contributed by atoms with Crippen molar-refractivity contribution in [1.29, 1.82) is 0 Å². The topological polar surface area (TPSA) is 9.23 Å². The molecule has 3 aromatic rings. The molecule has 0 saturated carbocycles. The first-order valence-electron chi connectivity index (χ1n) is 13.0. The Balaban J connectivity index is 1.51. The van der Waals surface area contributed by atoms with E-state index in [1.165, 1.54) is 18.4 Å². The van der Waals surface area contributed by atoms with Crippen molar-refractivity contribution in [2.45, 2.75) is 64.9 Å². The normalized spacial score (nSPS) is 12.2. The van der Waals surface area contributed by atoms with E-state index in [1.807, 2.05) is 42.5 Å². The van der Waals surface area contributed by atoms with E-state index in [9.17, 15) is 4.39 Å². The number of allylic oxidation sites excluding steroid dienone is 2. The Morgan fingerprint density at radius 1 is 0.886 bits per heavy atom. The number of halogens is 1. The van der Waals surface area contributed by atoms with E-state index >= 15 is 0 Å². The zero-order valence-corrected chi connectivity index (χ0v) is 21.3. The minimum absolute atomic E-state index is 0.202. The van der Waals surface area contributed by atoms with Crippen LogP contribution in [0, 0.1) is 5.82 Å². The van der Waals surface area contributed by atoms with Gasteiger partial charge in [0, 0.05) is 12.2 Å². The Morgan fingerprint density at radius 2 is 1.60 bits per heavy atom. The van der Waals surface area contributed by atoms with Gasteiger partial charge in [0.2, 0.25) is 0 Å². The zero-order valence-electron chi connectivity index (χ0n) is 21.3. The highest BCUT2D eigenvalue weighted by Gasteiger charge is 2.08. The molecule has 0 aromatic heterocycles. The van der Waals surface area contributed by atoms with E-state index in [2.05, 4.69) is 56.8 Å². The summed E-state index contributed by atoms with van der Waals surface area (Å²) >= 11 is 0. The van der Waals surface area contributed by atoms with Gasteiger partial charge in [0.15, 0.2) is 0 Å². The molecule has 0 bridgehead atoms. The molecule has 0 heterocycles. The molecule has 35 heavy (non-hydrogen) atoms. The number of hydrogen-bond acceptors (Lipinski definition) is 1. The lowest BCUT2D eigenvalue weighted by molar-refractivity contribution is 0.0566. The summed E-state index contributed by atoms with van der Waals surface area (Å²) in [4.78, 5) is 0. The molecule has 0 aliphatic rings. The quantitative estimate of drug-likeness (QED) is 0.168. The highest BCUT2D eigenvalue weighted by molar-refractivity contribution is 5.72. The number of benzene rings is 3. The molecule has 2 heteroatoms. The van der Waals surface area contributed by atoms with Crippen LogP contribution in [0.4, 0.5) is 4.39 Å². The predicted octanol–water partition coefficient (Wildman–Crippen LogP) is 9.67. The van der Waals surface area contributed by atoms with Crippen molar-refractivity contribution in [2.24, 2.45) is 0 Å². The van der Waals surface area contributed by atoms with Crippen molar-refractivity contribution >= 4 is 6.08 Å². The van der Waals surface area contributed by atoms with Crippen molar-refractivity contribution in [1.82, 2.24) is 0 Å². The van der Waals surface area contributed by atoms with Crippen LogP contribution in [0.3, 0.4) is 0 Å². The van der Waals surface area contributed by atoms with Gasteiger partial charge in [-0.25, -0.2) is 4.39 Å². The van der Waals surface area contributed by atoms with Gasteiger partial charge in [0.1, 0.15) is 5.82 Å². The van der Waals surface area contributed by atoms with Crippen LogP contribution in [-0.2, 0) is 11.2 Å². The zero-order chi connectivity index (χ0) is 24.9. The molecule has 0 aliphatic carbocycles. The highest BCUT2D eigenvalue weighted by atomic mass is 19.1. The van der Waals surface area contributed by atoms with E-state index < -0.39 is 0 Å². The van der Waals surface area contributed by atoms with Gasteiger partial charge in [-0.05, 0) is 72.9 Å². The molecule has 1 atom stereocenters. The van der Waals surface area contributed by atoms with Gasteiger partial charge in [0.05, 0.1) is 6.10 Å². The summed E-state index contributed by atoms with van der Waals surface area (Å²) in [6.45, 7) is 9.03. The third-order valence-electron chi connectivity index (χ3n) is 6.30. The lowest BCUT2D eigenvalue weighted by Crippen LogP contribution is -2.08. The first-order valence-corrected chi connectivity index (χ1v) is 13.0. The third kappa shape index (κ3) is 8.64. The molecule has 0 N–H and O–H groups in total. The summed E-state index contributed by atoms with van der Waals surface area (Å²) < 4.78 is 20.8. The Bertz CT molecular complexity index is 1060. The van der Waals surface area contributed by atoms with E-state index in [0.717, 1.165) is 61.0 Å². The fourth-order valence-electron chi connectivity index (χ4n) is 4.17. The van der Waals surface area contributed by atoms with Crippen LogP contribution < -0.4 is 0 Å². The average molecular weight is 471 g/mol. The number of unbranched alkanes of at least 4 members (excludes halogenated alkanes) is 3. The molecule has 0 saturated heterocycles. The van der Waals surface area contributed by atoms with Crippen molar-refractivity contribution in [3.63, 3.8) is 0 Å². The van der Waals surface area contributed by atoms with Crippen molar-refractivity contribution in [3.05, 3.63) is 102 Å². The number of hydrogen-bond donors (Lipinski definition) is 0. The lowest BCUT2D eigenvalue weighted by atomic mass is 9.98. The second kappa shape index (κ2) is 14.4. The van der Waals surface area contributed by atoms with E-state index in [-0.39, 0.29) is 5.82 Å². The minimum Gasteiger partial charge on any atom is -0.379 e. The van der Waals surface area contributed by atoms with Gasteiger partial charge >= 0.3 is 0 Å². The first-order chi connectivity index (χ1) is 17.1. The highest BCUT2D eigenvalue weighted by Crippen LogP contribution is 2.28. The molecule has 0 fully saturated rings. The van der Waals surface area contributed by atoms with Crippen LogP contribution in [0.15, 0.2) is 85.5 Å². The van der Waals surface area contributed by atoms with Gasteiger partial charge in [-0.2, -0.15) is 0 Å². The molecule has 0 spiro atoms.